The van der Waals surface area contributed by atoms with Crippen molar-refractivity contribution in [2.75, 3.05) is 26.2 Å². The molecule has 6 nitrogen and oxygen atoms in total. The number of carbonyl (C=O) groups excluding carboxylic acids is 3. The van der Waals surface area contributed by atoms with Gasteiger partial charge in [-0.15, -0.1) is 0 Å². The van der Waals surface area contributed by atoms with Crippen LogP contribution < -0.4 is 5.32 Å². The molecule has 0 aliphatic rings. The Morgan fingerprint density at radius 1 is 1.26 bits per heavy atom. The Morgan fingerprint density at radius 3 is 2.61 bits per heavy atom. The van der Waals surface area contributed by atoms with Gasteiger partial charge in [-0.1, -0.05) is 13.0 Å². The summed E-state index contributed by atoms with van der Waals surface area (Å²) < 4.78 is 17.9. The number of nitrogens with zero attached hydrogens (tertiary/aromatic N) is 1. The first-order valence-electron chi connectivity index (χ1n) is 7.45. The van der Waals surface area contributed by atoms with E-state index in [4.69, 9.17) is 4.74 Å². The average Bonchev–Trinajstić information content (AvgIpc) is 2.52. The maximum absolute atomic E-state index is 13.1. The van der Waals surface area contributed by atoms with Gasteiger partial charge in [0.05, 0.1) is 13.2 Å². The largest absolute Gasteiger partial charge is 0.465 e. The van der Waals surface area contributed by atoms with Gasteiger partial charge in [-0.3, -0.25) is 14.4 Å². The summed E-state index contributed by atoms with van der Waals surface area (Å²) in [6.07, 6.45) is 0.670. The summed E-state index contributed by atoms with van der Waals surface area (Å²) in [4.78, 5) is 36.8. The molecule has 0 unspecified atom stereocenters. The smallest absolute Gasteiger partial charge is 0.325 e. The molecule has 0 fully saturated rings. The number of hydrogen-bond acceptors (Lipinski definition) is 4. The zero-order chi connectivity index (χ0) is 17.2. The van der Waals surface area contributed by atoms with Crippen LogP contribution in [0.2, 0.25) is 0 Å². The van der Waals surface area contributed by atoms with E-state index in [1.165, 1.54) is 23.1 Å². The van der Waals surface area contributed by atoms with Crippen LogP contribution in [0.1, 0.15) is 30.6 Å². The van der Waals surface area contributed by atoms with E-state index in [1.807, 2.05) is 6.92 Å². The predicted molar refractivity (Wildman–Crippen MR) is 82.2 cm³/mol. The van der Waals surface area contributed by atoms with E-state index in [-0.39, 0.29) is 25.3 Å². The van der Waals surface area contributed by atoms with E-state index in [2.05, 4.69) is 5.32 Å². The lowest BCUT2D eigenvalue weighted by Gasteiger charge is -2.21. The van der Waals surface area contributed by atoms with Crippen LogP contribution in [-0.4, -0.2) is 48.9 Å². The maximum Gasteiger partial charge on any atom is 0.325 e. The number of halogens is 1. The Balaban J connectivity index is 2.57. The summed E-state index contributed by atoms with van der Waals surface area (Å²) in [7, 11) is 0. The van der Waals surface area contributed by atoms with Gasteiger partial charge in [0.1, 0.15) is 12.4 Å². The van der Waals surface area contributed by atoms with E-state index in [9.17, 15) is 18.8 Å². The molecule has 2 amide bonds. The molecule has 0 heterocycles. The third-order valence-electron chi connectivity index (χ3n) is 2.96. The second-order valence-corrected chi connectivity index (χ2v) is 4.81. The standard InChI is InChI=1S/C16H21FN2O4/c1-3-8-19(11-15(21)23-4-2)14(20)10-18-16(22)12-6-5-7-13(17)9-12/h5-7,9H,3-4,8,10-11H2,1-2H3,(H,18,22). The van der Waals surface area contributed by atoms with Gasteiger partial charge in [0.15, 0.2) is 0 Å². The van der Waals surface area contributed by atoms with Gasteiger partial charge in [-0.05, 0) is 31.5 Å². The lowest BCUT2D eigenvalue weighted by Crippen LogP contribution is -2.43. The van der Waals surface area contributed by atoms with Crippen LogP contribution in [0.25, 0.3) is 0 Å². The zero-order valence-electron chi connectivity index (χ0n) is 13.3. The van der Waals surface area contributed by atoms with Crippen LogP contribution >= 0.6 is 0 Å². The molecule has 7 heteroatoms. The minimum absolute atomic E-state index is 0.130. The molecule has 0 saturated heterocycles. The van der Waals surface area contributed by atoms with Crippen LogP contribution in [-0.2, 0) is 14.3 Å². The number of esters is 1. The van der Waals surface area contributed by atoms with Crippen molar-refractivity contribution in [2.45, 2.75) is 20.3 Å². The number of ether oxygens (including phenoxy) is 1. The van der Waals surface area contributed by atoms with Crippen LogP contribution in [0.15, 0.2) is 24.3 Å². The van der Waals surface area contributed by atoms with E-state index in [0.717, 1.165) is 6.07 Å². The summed E-state index contributed by atoms with van der Waals surface area (Å²) in [6.45, 7) is 3.75. The molecule has 1 N–H and O–H groups in total. The topological polar surface area (TPSA) is 75.7 Å². The molecule has 0 bridgehead atoms. The second-order valence-electron chi connectivity index (χ2n) is 4.81. The summed E-state index contributed by atoms with van der Waals surface area (Å²) >= 11 is 0. The maximum atomic E-state index is 13.1. The molecule has 0 radical (unpaired) electrons. The number of benzene rings is 1. The number of nitrogens with one attached hydrogen (secondary N) is 1. The molecular weight excluding hydrogens is 303 g/mol. The van der Waals surface area contributed by atoms with Gasteiger partial charge in [0, 0.05) is 12.1 Å². The molecule has 126 valence electrons. The highest BCUT2D eigenvalue weighted by molar-refractivity contribution is 5.96. The van der Waals surface area contributed by atoms with E-state index in [0.29, 0.717) is 13.0 Å². The quantitative estimate of drug-likeness (QED) is 0.733. The molecule has 0 saturated carbocycles. The Bertz CT molecular complexity index is 563. The van der Waals surface area contributed by atoms with Crippen molar-refractivity contribution in [1.29, 1.82) is 0 Å². The molecule has 0 aliphatic heterocycles. The van der Waals surface area contributed by atoms with Crippen molar-refractivity contribution in [1.82, 2.24) is 10.2 Å². The zero-order valence-corrected chi connectivity index (χ0v) is 13.3. The molecule has 0 spiro atoms. The van der Waals surface area contributed by atoms with Crippen LogP contribution in [0, 0.1) is 5.82 Å². The second kappa shape index (κ2) is 9.55. The van der Waals surface area contributed by atoms with Gasteiger partial charge >= 0.3 is 5.97 Å². The Labute approximate surface area is 134 Å². The third kappa shape index (κ3) is 6.46. The molecule has 1 rings (SSSR count). The van der Waals surface area contributed by atoms with Gasteiger partial charge in [0.25, 0.3) is 5.91 Å². The van der Waals surface area contributed by atoms with Crippen LogP contribution in [0.3, 0.4) is 0 Å². The van der Waals surface area contributed by atoms with Gasteiger partial charge in [-0.2, -0.15) is 0 Å². The normalized spacial score (nSPS) is 10.0. The molecule has 1 aromatic rings. The molecule has 23 heavy (non-hydrogen) atoms. The highest BCUT2D eigenvalue weighted by atomic mass is 19.1. The van der Waals surface area contributed by atoms with Crippen molar-refractivity contribution < 1.29 is 23.5 Å². The molecule has 0 aliphatic carbocycles. The van der Waals surface area contributed by atoms with Crippen molar-refractivity contribution in [3.8, 4) is 0 Å². The van der Waals surface area contributed by atoms with Gasteiger partial charge < -0.3 is 15.0 Å². The lowest BCUT2D eigenvalue weighted by molar-refractivity contribution is -0.148. The predicted octanol–water partition coefficient (Wildman–Crippen LogP) is 1.36. The first kappa shape index (κ1) is 18.6. The molecule has 1 aromatic carbocycles. The van der Waals surface area contributed by atoms with Crippen molar-refractivity contribution in [3.63, 3.8) is 0 Å². The van der Waals surface area contributed by atoms with Crippen LogP contribution in [0.4, 0.5) is 4.39 Å². The average molecular weight is 324 g/mol. The third-order valence-corrected chi connectivity index (χ3v) is 2.96. The molecule has 0 aromatic heterocycles. The van der Waals surface area contributed by atoms with Gasteiger partial charge in [-0.25, -0.2) is 4.39 Å². The number of amides is 2. The fourth-order valence-corrected chi connectivity index (χ4v) is 1.92. The molecular formula is C16H21FN2O4. The summed E-state index contributed by atoms with van der Waals surface area (Å²) in [5.74, 6) is -1.97. The first-order valence-corrected chi connectivity index (χ1v) is 7.45. The summed E-state index contributed by atoms with van der Waals surface area (Å²) in [5, 5.41) is 2.42. The number of rotatable bonds is 8. The highest BCUT2D eigenvalue weighted by Crippen LogP contribution is 2.03. The van der Waals surface area contributed by atoms with E-state index >= 15 is 0 Å². The Hall–Kier alpha value is -2.44. The van der Waals surface area contributed by atoms with Crippen molar-refractivity contribution in [3.05, 3.63) is 35.6 Å². The number of carbonyl (C=O) groups is 3. The first-order chi connectivity index (χ1) is 11.0. The molecule has 0 atom stereocenters. The SMILES string of the molecule is CCCN(CC(=O)OCC)C(=O)CNC(=O)c1cccc(F)c1. The van der Waals surface area contributed by atoms with E-state index in [1.54, 1.807) is 6.92 Å². The monoisotopic (exact) mass is 324 g/mol. The van der Waals surface area contributed by atoms with Crippen LogP contribution in [0.5, 0.6) is 0 Å². The minimum Gasteiger partial charge on any atom is -0.465 e. The fourth-order valence-electron chi connectivity index (χ4n) is 1.92. The van der Waals surface area contributed by atoms with Gasteiger partial charge in [0.2, 0.25) is 5.91 Å². The van der Waals surface area contributed by atoms with E-state index < -0.39 is 23.6 Å². The minimum atomic E-state index is -0.551. The Kier molecular flexibility index (Phi) is 7.73. The fraction of sp³-hybridized carbons (Fsp3) is 0.438. The van der Waals surface area contributed by atoms with Crippen molar-refractivity contribution in [2.24, 2.45) is 0 Å². The number of hydrogen-bond donors (Lipinski definition) is 1. The summed E-state index contributed by atoms with van der Waals surface area (Å²) in [5.41, 5.74) is 0.130. The lowest BCUT2D eigenvalue weighted by atomic mass is 10.2. The highest BCUT2D eigenvalue weighted by Gasteiger charge is 2.18. The van der Waals surface area contributed by atoms with Crippen molar-refractivity contribution >= 4 is 17.8 Å². The Morgan fingerprint density at radius 2 is 2.00 bits per heavy atom. The summed E-state index contributed by atoms with van der Waals surface area (Å²) in [6, 6.07) is 5.17.